The van der Waals surface area contributed by atoms with Crippen molar-refractivity contribution in [2.45, 2.75) is 45.3 Å². The highest BCUT2D eigenvalue weighted by Gasteiger charge is 2.14. The average molecular weight is 414 g/mol. The number of benzene rings is 1. The van der Waals surface area contributed by atoms with Crippen molar-refractivity contribution in [3.05, 3.63) is 51.7 Å². The van der Waals surface area contributed by atoms with E-state index in [1.54, 1.807) is 11.8 Å². The van der Waals surface area contributed by atoms with Gasteiger partial charge < -0.3 is 9.84 Å². The van der Waals surface area contributed by atoms with Gasteiger partial charge in [0, 0.05) is 22.3 Å². The van der Waals surface area contributed by atoms with E-state index in [4.69, 9.17) is 4.52 Å². The van der Waals surface area contributed by atoms with Gasteiger partial charge in [0.25, 0.3) is 0 Å². The highest BCUT2D eigenvalue weighted by atomic mass is 32.2. The molecule has 1 aromatic carbocycles. The van der Waals surface area contributed by atoms with Gasteiger partial charge in [0.2, 0.25) is 5.91 Å². The molecule has 7 heteroatoms. The zero-order valence-electron chi connectivity index (χ0n) is 16.1. The Morgan fingerprint density at radius 2 is 2.07 bits per heavy atom. The maximum Gasteiger partial charge on any atom is 0.236 e. The highest BCUT2D eigenvalue weighted by Crippen LogP contribution is 2.29. The van der Waals surface area contributed by atoms with Gasteiger partial charge in [-0.1, -0.05) is 17.3 Å². The summed E-state index contributed by atoms with van der Waals surface area (Å²) in [5, 5.41) is 9.51. The van der Waals surface area contributed by atoms with E-state index in [0.717, 1.165) is 34.7 Å². The van der Waals surface area contributed by atoms with E-state index in [1.807, 2.05) is 19.2 Å². The maximum absolute atomic E-state index is 12.2. The van der Waals surface area contributed by atoms with E-state index in [0.29, 0.717) is 16.6 Å². The fraction of sp³-hybridized carbons (Fsp3) is 0.381. The van der Waals surface area contributed by atoms with Gasteiger partial charge in [-0.15, -0.1) is 23.1 Å². The number of hydrogen-bond acceptors (Lipinski definition) is 6. The predicted octanol–water partition coefficient (Wildman–Crippen LogP) is 5.17. The number of carbonyl (C=O) groups excluding carboxylic acids is 1. The van der Waals surface area contributed by atoms with Crippen LogP contribution in [-0.2, 0) is 23.4 Å². The van der Waals surface area contributed by atoms with E-state index >= 15 is 0 Å². The Hall–Kier alpha value is -2.12. The first-order chi connectivity index (χ1) is 13.6. The monoisotopic (exact) mass is 413 g/mol. The molecule has 0 saturated heterocycles. The standard InChI is InChI=1S/C21H23N3O2S2/c1-13-18(14(2)26-24-13)10-27-12-20(25)23-21-22-19(11-28-21)17-8-7-15-5-3-4-6-16(15)9-17/h7-9,11H,3-6,10,12H2,1-2H3,(H,22,23,25). The topological polar surface area (TPSA) is 68.0 Å². The summed E-state index contributed by atoms with van der Waals surface area (Å²) < 4.78 is 5.16. The summed E-state index contributed by atoms with van der Waals surface area (Å²) in [6.45, 7) is 3.82. The number of fused-ring (bicyclic) bond motifs is 1. The molecule has 0 radical (unpaired) electrons. The summed E-state index contributed by atoms with van der Waals surface area (Å²) in [6, 6.07) is 6.63. The number of nitrogens with one attached hydrogen (secondary N) is 1. The molecule has 2 heterocycles. The molecule has 1 aliphatic carbocycles. The second-order valence-corrected chi connectivity index (χ2v) is 8.92. The molecule has 1 N–H and O–H groups in total. The summed E-state index contributed by atoms with van der Waals surface area (Å²) >= 11 is 3.02. The lowest BCUT2D eigenvalue weighted by Gasteiger charge is -2.16. The highest BCUT2D eigenvalue weighted by molar-refractivity contribution is 7.99. The molecule has 1 amide bonds. The van der Waals surface area contributed by atoms with E-state index < -0.39 is 0 Å². The molecule has 5 nitrogen and oxygen atoms in total. The van der Waals surface area contributed by atoms with Crippen LogP contribution in [0.2, 0.25) is 0 Å². The Morgan fingerprint density at radius 3 is 2.86 bits per heavy atom. The Labute approximate surface area is 172 Å². The van der Waals surface area contributed by atoms with Gasteiger partial charge in [-0.25, -0.2) is 4.98 Å². The van der Waals surface area contributed by atoms with Crippen LogP contribution >= 0.6 is 23.1 Å². The third-order valence-corrected chi connectivity index (χ3v) is 6.77. The molecular weight excluding hydrogens is 390 g/mol. The number of hydrogen-bond donors (Lipinski definition) is 1. The van der Waals surface area contributed by atoms with Crippen molar-refractivity contribution < 1.29 is 9.32 Å². The van der Waals surface area contributed by atoms with Crippen LogP contribution in [0.15, 0.2) is 28.1 Å². The van der Waals surface area contributed by atoms with Gasteiger partial charge in [-0.05, 0) is 56.7 Å². The minimum Gasteiger partial charge on any atom is -0.361 e. The largest absolute Gasteiger partial charge is 0.361 e. The van der Waals surface area contributed by atoms with Crippen LogP contribution in [-0.4, -0.2) is 21.8 Å². The summed E-state index contributed by atoms with van der Waals surface area (Å²) in [4.78, 5) is 16.9. The average Bonchev–Trinajstić information content (AvgIpc) is 3.29. The molecule has 0 aliphatic heterocycles. The van der Waals surface area contributed by atoms with E-state index in [-0.39, 0.29) is 5.91 Å². The lowest BCUT2D eigenvalue weighted by molar-refractivity contribution is -0.113. The van der Waals surface area contributed by atoms with Crippen molar-refractivity contribution in [1.82, 2.24) is 10.1 Å². The van der Waals surface area contributed by atoms with Gasteiger partial charge in [-0.2, -0.15) is 0 Å². The van der Waals surface area contributed by atoms with Crippen LogP contribution < -0.4 is 5.32 Å². The number of rotatable bonds is 6. The van der Waals surface area contributed by atoms with Gasteiger partial charge in [0.1, 0.15) is 5.76 Å². The van der Waals surface area contributed by atoms with Gasteiger partial charge in [0.15, 0.2) is 5.13 Å². The Kier molecular flexibility index (Phi) is 5.82. The molecule has 0 unspecified atom stereocenters. The normalized spacial score (nSPS) is 13.4. The predicted molar refractivity (Wildman–Crippen MR) is 115 cm³/mol. The van der Waals surface area contributed by atoms with E-state index in [9.17, 15) is 4.79 Å². The summed E-state index contributed by atoms with van der Waals surface area (Å²) in [7, 11) is 0. The molecule has 28 heavy (non-hydrogen) atoms. The van der Waals surface area contributed by atoms with E-state index in [2.05, 4.69) is 33.7 Å². The Balaban J connectivity index is 1.33. The van der Waals surface area contributed by atoms with Gasteiger partial charge in [-0.3, -0.25) is 4.79 Å². The Bertz CT molecular complexity index is 974. The van der Waals surface area contributed by atoms with Crippen molar-refractivity contribution in [3.8, 4) is 11.3 Å². The number of thioether (sulfide) groups is 1. The second kappa shape index (κ2) is 8.49. The number of nitrogens with zero attached hydrogens (tertiary/aromatic N) is 2. The third-order valence-electron chi connectivity index (χ3n) is 5.06. The molecule has 0 bridgehead atoms. The Morgan fingerprint density at radius 1 is 1.25 bits per heavy atom. The van der Waals surface area contributed by atoms with Crippen LogP contribution in [0.3, 0.4) is 0 Å². The number of thiazole rings is 1. The van der Waals surface area contributed by atoms with E-state index in [1.165, 1.54) is 41.7 Å². The first-order valence-corrected chi connectivity index (χ1v) is 11.5. The smallest absolute Gasteiger partial charge is 0.236 e. The van der Waals surface area contributed by atoms with Crippen LogP contribution in [0.4, 0.5) is 5.13 Å². The molecular formula is C21H23N3O2S2. The number of anilines is 1. The minimum atomic E-state index is -0.0388. The number of aryl methyl sites for hydroxylation is 4. The fourth-order valence-corrected chi connectivity index (χ4v) is 5.18. The molecule has 3 aromatic rings. The molecule has 4 rings (SSSR count). The maximum atomic E-state index is 12.2. The quantitative estimate of drug-likeness (QED) is 0.604. The van der Waals surface area contributed by atoms with Crippen molar-refractivity contribution in [2.75, 3.05) is 11.1 Å². The fourth-order valence-electron chi connectivity index (χ4n) is 3.47. The van der Waals surface area contributed by atoms with Crippen molar-refractivity contribution >= 4 is 34.1 Å². The van der Waals surface area contributed by atoms with Gasteiger partial charge in [0.05, 0.1) is 17.1 Å². The van der Waals surface area contributed by atoms with Crippen molar-refractivity contribution in [3.63, 3.8) is 0 Å². The van der Waals surface area contributed by atoms with Crippen LogP contribution in [0.1, 0.15) is 41.0 Å². The zero-order chi connectivity index (χ0) is 19.5. The second-order valence-electron chi connectivity index (χ2n) is 7.07. The lowest BCUT2D eigenvalue weighted by Crippen LogP contribution is -2.14. The SMILES string of the molecule is Cc1noc(C)c1CSCC(=O)Nc1nc(-c2ccc3c(c2)CCCC3)cs1. The molecule has 0 fully saturated rings. The zero-order valence-corrected chi connectivity index (χ0v) is 17.7. The van der Waals surface area contributed by atoms with Crippen LogP contribution in [0.25, 0.3) is 11.3 Å². The van der Waals surface area contributed by atoms with Crippen LogP contribution in [0.5, 0.6) is 0 Å². The number of amides is 1. The molecule has 0 atom stereocenters. The molecule has 0 spiro atoms. The summed E-state index contributed by atoms with van der Waals surface area (Å²) in [5.41, 5.74) is 6.93. The number of aromatic nitrogens is 2. The van der Waals surface area contributed by atoms with Crippen LogP contribution in [0, 0.1) is 13.8 Å². The summed E-state index contributed by atoms with van der Waals surface area (Å²) in [6.07, 6.45) is 4.88. The number of carbonyl (C=O) groups is 1. The lowest BCUT2D eigenvalue weighted by atomic mass is 9.90. The summed E-state index contributed by atoms with van der Waals surface area (Å²) in [5.74, 6) is 1.87. The third kappa shape index (κ3) is 4.31. The first kappa shape index (κ1) is 19.2. The molecule has 146 valence electrons. The molecule has 0 saturated carbocycles. The van der Waals surface area contributed by atoms with Crippen molar-refractivity contribution in [2.24, 2.45) is 0 Å². The molecule has 2 aromatic heterocycles. The van der Waals surface area contributed by atoms with Crippen molar-refractivity contribution in [1.29, 1.82) is 0 Å². The molecule has 1 aliphatic rings. The minimum absolute atomic E-state index is 0.0388. The van der Waals surface area contributed by atoms with Gasteiger partial charge >= 0.3 is 0 Å². The first-order valence-electron chi connectivity index (χ1n) is 9.47.